The first kappa shape index (κ1) is 12.6. The topological polar surface area (TPSA) is 41.5 Å². The summed E-state index contributed by atoms with van der Waals surface area (Å²) >= 11 is 0. The molecule has 2 N–H and O–H groups in total. The van der Waals surface area contributed by atoms with Crippen LogP contribution in [-0.4, -0.2) is 30.9 Å². The summed E-state index contributed by atoms with van der Waals surface area (Å²) < 4.78 is 5.52. The maximum Gasteiger partial charge on any atom is 0.0914 e. The molecule has 2 atom stereocenters. The first-order valence-electron chi connectivity index (χ1n) is 6.32. The van der Waals surface area contributed by atoms with Crippen LogP contribution < -0.4 is 5.32 Å². The standard InChI is InChI=1S/C14H21NO2/c1-11-4-2-5-12(8-11)14(16)10-15-9-13-6-3-7-17-13/h2,4-5,8,13-16H,3,6-7,9-10H2,1H3. The van der Waals surface area contributed by atoms with Gasteiger partial charge in [0.1, 0.15) is 0 Å². The summed E-state index contributed by atoms with van der Waals surface area (Å²) in [5, 5.41) is 13.3. The largest absolute Gasteiger partial charge is 0.387 e. The van der Waals surface area contributed by atoms with Crippen LogP contribution in [0.4, 0.5) is 0 Å². The Morgan fingerprint density at radius 3 is 3.12 bits per heavy atom. The van der Waals surface area contributed by atoms with E-state index in [4.69, 9.17) is 4.74 Å². The van der Waals surface area contributed by atoms with Crippen LogP contribution in [0.15, 0.2) is 24.3 Å². The summed E-state index contributed by atoms with van der Waals surface area (Å²) in [6.07, 6.45) is 2.19. The fourth-order valence-electron chi connectivity index (χ4n) is 2.18. The van der Waals surface area contributed by atoms with Crippen molar-refractivity contribution in [3.63, 3.8) is 0 Å². The minimum atomic E-state index is -0.434. The molecule has 17 heavy (non-hydrogen) atoms. The number of hydrogen-bond donors (Lipinski definition) is 2. The van der Waals surface area contributed by atoms with Crippen molar-refractivity contribution >= 4 is 0 Å². The van der Waals surface area contributed by atoms with Crippen molar-refractivity contribution < 1.29 is 9.84 Å². The molecule has 1 heterocycles. The molecule has 0 spiro atoms. The molecule has 0 radical (unpaired) electrons. The van der Waals surface area contributed by atoms with Gasteiger partial charge < -0.3 is 15.2 Å². The van der Waals surface area contributed by atoms with Crippen molar-refractivity contribution in [2.45, 2.75) is 32.0 Å². The van der Waals surface area contributed by atoms with E-state index in [0.717, 1.165) is 31.6 Å². The molecule has 3 heteroatoms. The molecular weight excluding hydrogens is 214 g/mol. The van der Waals surface area contributed by atoms with Gasteiger partial charge in [-0.25, -0.2) is 0 Å². The van der Waals surface area contributed by atoms with E-state index >= 15 is 0 Å². The molecule has 1 fully saturated rings. The highest BCUT2D eigenvalue weighted by atomic mass is 16.5. The number of aryl methyl sites for hydroxylation is 1. The van der Waals surface area contributed by atoms with Crippen molar-refractivity contribution in [3.8, 4) is 0 Å². The van der Waals surface area contributed by atoms with Crippen LogP contribution >= 0.6 is 0 Å². The Kier molecular flexibility index (Phi) is 4.54. The quantitative estimate of drug-likeness (QED) is 0.817. The van der Waals surface area contributed by atoms with Crippen LogP contribution in [0.5, 0.6) is 0 Å². The lowest BCUT2D eigenvalue weighted by Crippen LogP contribution is -2.29. The van der Waals surface area contributed by atoms with E-state index in [2.05, 4.69) is 5.32 Å². The lowest BCUT2D eigenvalue weighted by atomic mass is 10.1. The van der Waals surface area contributed by atoms with Crippen LogP contribution in [0.2, 0.25) is 0 Å². The molecule has 1 aromatic carbocycles. The molecule has 0 aliphatic carbocycles. The summed E-state index contributed by atoms with van der Waals surface area (Å²) in [4.78, 5) is 0. The number of nitrogens with one attached hydrogen (secondary N) is 1. The number of aliphatic hydroxyl groups is 1. The fourth-order valence-corrected chi connectivity index (χ4v) is 2.18. The van der Waals surface area contributed by atoms with Gasteiger partial charge in [-0.1, -0.05) is 29.8 Å². The molecule has 0 amide bonds. The Balaban J connectivity index is 1.74. The maximum atomic E-state index is 10.0. The van der Waals surface area contributed by atoms with E-state index in [9.17, 15) is 5.11 Å². The third-order valence-corrected chi connectivity index (χ3v) is 3.16. The monoisotopic (exact) mass is 235 g/mol. The second-order valence-electron chi connectivity index (χ2n) is 4.72. The van der Waals surface area contributed by atoms with E-state index in [-0.39, 0.29) is 0 Å². The number of aliphatic hydroxyl groups excluding tert-OH is 1. The number of ether oxygens (including phenoxy) is 1. The molecule has 94 valence electrons. The fraction of sp³-hybridized carbons (Fsp3) is 0.571. The highest BCUT2D eigenvalue weighted by Gasteiger charge is 2.15. The average Bonchev–Trinajstić information content (AvgIpc) is 2.82. The molecule has 0 aromatic heterocycles. The van der Waals surface area contributed by atoms with Crippen LogP contribution in [-0.2, 0) is 4.74 Å². The SMILES string of the molecule is Cc1cccc(C(O)CNCC2CCCO2)c1. The Labute approximate surface area is 103 Å². The number of rotatable bonds is 5. The zero-order valence-electron chi connectivity index (χ0n) is 10.4. The first-order chi connectivity index (χ1) is 8.25. The summed E-state index contributed by atoms with van der Waals surface area (Å²) in [5.41, 5.74) is 2.16. The third kappa shape index (κ3) is 3.80. The van der Waals surface area contributed by atoms with E-state index in [1.807, 2.05) is 31.2 Å². The van der Waals surface area contributed by atoms with Crippen molar-refractivity contribution in [1.82, 2.24) is 5.32 Å². The van der Waals surface area contributed by atoms with Crippen molar-refractivity contribution in [2.75, 3.05) is 19.7 Å². The van der Waals surface area contributed by atoms with Crippen molar-refractivity contribution in [2.24, 2.45) is 0 Å². The Bertz CT molecular complexity index is 348. The summed E-state index contributed by atoms with van der Waals surface area (Å²) in [6.45, 7) is 4.34. The zero-order valence-corrected chi connectivity index (χ0v) is 10.4. The van der Waals surface area contributed by atoms with Crippen molar-refractivity contribution in [3.05, 3.63) is 35.4 Å². The molecule has 2 rings (SSSR count). The molecule has 3 nitrogen and oxygen atoms in total. The van der Waals surface area contributed by atoms with Gasteiger partial charge in [-0.05, 0) is 25.3 Å². The Morgan fingerprint density at radius 2 is 2.41 bits per heavy atom. The lowest BCUT2D eigenvalue weighted by molar-refractivity contribution is 0.103. The zero-order chi connectivity index (χ0) is 12.1. The predicted molar refractivity (Wildman–Crippen MR) is 68.0 cm³/mol. The molecule has 1 aromatic rings. The molecule has 0 saturated carbocycles. The van der Waals surface area contributed by atoms with Gasteiger partial charge in [0.15, 0.2) is 0 Å². The molecule has 2 unspecified atom stereocenters. The summed E-state index contributed by atoms with van der Waals surface area (Å²) in [5.74, 6) is 0. The van der Waals surface area contributed by atoms with Gasteiger partial charge in [0.25, 0.3) is 0 Å². The average molecular weight is 235 g/mol. The number of benzene rings is 1. The molecule has 1 aliphatic heterocycles. The van der Waals surface area contributed by atoms with Crippen LogP contribution in [0.25, 0.3) is 0 Å². The smallest absolute Gasteiger partial charge is 0.0914 e. The molecular formula is C14H21NO2. The van der Waals surface area contributed by atoms with E-state index in [1.165, 1.54) is 5.56 Å². The van der Waals surface area contributed by atoms with Gasteiger partial charge in [0.05, 0.1) is 12.2 Å². The minimum Gasteiger partial charge on any atom is -0.387 e. The van der Waals surface area contributed by atoms with Gasteiger partial charge in [-0.15, -0.1) is 0 Å². The highest BCUT2D eigenvalue weighted by molar-refractivity contribution is 5.24. The van der Waals surface area contributed by atoms with E-state index < -0.39 is 6.10 Å². The van der Waals surface area contributed by atoms with Crippen molar-refractivity contribution in [1.29, 1.82) is 0 Å². The molecule has 0 bridgehead atoms. The summed E-state index contributed by atoms with van der Waals surface area (Å²) in [7, 11) is 0. The Hall–Kier alpha value is -0.900. The van der Waals surface area contributed by atoms with E-state index in [0.29, 0.717) is 12.6 Å². The van der Waals surface area contributed by atoms with Gasteiger partial charge in [-0.2, -0.15) is 0 Å². The van der Waals surface area contributed by atoms with Gasteiger partial charge in [0.2, 0.25) is 0 Å². The molecule has 1 saturated heterocycles. The maximum absolute atomic E-state index is 10.0. The predicted octanol–water partition coefficient (Wildman–Crippen LogP) is 1.80. The van der Waals surface area contributed by atoms with Crippen LogP contribution in [0.1, 0.15) is 30.1 Å². The second-order valence-corrected chi connectivity index (χ2v) is 4.72. The van der Waals surface area contributed by atoms with E-state index in [1.54, 1.807) is 0 Å². The van der Waals surface area contributed by atoms with Crippen LogP contribution in [0.3, 0.4) is 0 Å². The second kappa shape index (κ2) is 6.15. The van der Waals surface area contributed by atoms with Gasteiger partial charge in [0, 0.05) is 19.7 Å². The summed E-state index contributed by atoms with van der Waals surface area (Å²) in [6, 6.07) is 8.01. The lowest BCUT2D eigenvalue weighted by Gasteiger charge is -2.15. The van der Waals surface area contributed by atoms with Gasteiger partial charge >= 0.3 is 0 Å². The van der Waals surface area contributed by atoms with Crippen LogP contribution in [0, 0.1) is 6.92 Å². The number of hydrogen-bond acceptors (Lipinski definition) is 3. The minimum absolute atomic E-state index is 0.333. The highest BCUT2D eigenvalue weighted by Crippen LogP contribution is 2.14. The third-order valence-electron chi connectivity index (χ3n) is 3.16. The molecule has 1 aliphatic rings. The Morgan fingerprint density at radius 1 is 1.53 bits per heavy atom. The first-order valence-corrected chi connectivity index (χ1v) is 6.32. The van der Waals surface area contributed by atoms with Gasteiger partial charge in [-0.3, -0.25) is 0 Å². The normalized spacial score (nSPS) is 21.6.